The van der Waals surface area contributed by atoms with Crippen LogP contribution in [0.1, 0.15) is 44.0 Å². The second-order valence-electron chi connectivity index (χ2n) is 5.35. The van der Waals surface area contributed by atoms with Crippen molar-refractivity contribution in [1.29, 1.82) is 0 Å². The lowest BCUT2D eigenvalue weighted by Gasteiger charge is -2.10. The zero-order valence-corrected chi connectivity index (χ0v) is 13.7. The van der Waals surface area contributed by atoms with E-state index in [9.17, 15) is 4.79 Å². The Balaban J connectivity index is 2.65. The van der Waals surface area contributed by atoms with Crippen LogP contribution in [0.4, 0.5) is 0 Å². The molecule has 0 atom stereocenters. The summed E-state index contributed by atoms with van der Waals surface area (Å²) in [6.07, 6.45) is 6.21. The van der Waals surface area contributed by atoms with E-state index in [2.05, 4.69) is 26.8 Å². The van der Waals surface area contributed by atoms with Gasteiger partial charge in [-0.2, -0.15) is 0 Å². The van der Waals surface area contributed by atoms with Crippen LogP contribution in [0.3, 0.4) is 0 Å². The average Bonchev–Trinajstić information content (AvgIpc) is 2.46. The molecule has 1 aromatic carbocycles. The minimum atomic E-state index is -0.985. The fourth-order valence-corrected chi connectivity index (χ4v) is 1.89. The third-order valence-corrected chi connectivity index (χ3v) is 3.17. The Kier molecular flexibility index (Phi) is 7.23. The molecule has 0 aromatic heterocycles. The van der Waals surface area contributed by atoms with Gasteiger partial charge < -0.3 is 14.6 Å². The highest BCUT2D eigenvalue weighted by molar-refractivity contribution is 5.88. The van der Waals surface area contributed by atoms with Gasteiger partial charge in [0.2, 0.25) is 0 Å². The van der Waals surface area contributed by atoms with E-state index in [0.29, 0.717) is 18.1 Å². The summed E-state index contributed by atoms with van der Waals surface area (Å²) in [5.74, 6) is -0.0164. The van der Waals surface area contributed by atoms with E-state index >= 15 is 0 Å². The van der Waals surface area contributed by atoms with Crippen LogP contribution in [-0.2, 0) is 0 Å². The van der Waals surface area contributed by atoms with Gasteiger partial charge in [0, 0.05) is 0 Å². The SMILES string of the molecule is COc1ccc(C(=O)O)cc1OCC=C(C)CCC=C(C)C. The third-order valence-electron chi connectivity index (χ3n) is 3.17. The number of hydrogen-bond donors (Lipinski definition) is 1. The maximum absolute atomic E-state index is 11.0. The number of allylic oxidation sites excluding steroid dienone is 3. The third kappa shape index (κ3) is 6.04. The molecule has 0 bridgehead atoms. The number of rotatable bonds is 8. The van der Waals surface area contributed by atoms with E-state index in [1.807, 2.05) is 6.08 Å². The van der Waals surface area contributed by atoms with E-state index in [4.69, 9.17) is 14.6 Å². The van der Waals surface area contributed by atoms with Gasteiger partial charge in [-0.25, -0.2) is 4.79 Å². The van der Waals surface area contributed by atoms with Crippen molar-refractivity contribution in [2.24, 2.45) is 0 Å². The molecular weight excluding hydrogens is 280 g/mol. The molecule has 0 fully saturated rings. The molecule has 0 aliphatic heterocycles. The van der Waals surface area contributed by atoms with Crippen molar-refractivity contribution < 1.29 is 19.4 Å². The summed E-state index contributed by atoms with van der Waals surface area (Å²) >= 11 is 0. The second kappa shape index (κ2) is 8.93. The predicted molar refractivity (Wildman–Crippen MR) is 87.9 cm³/mol. The summed E-state index contributed by atoms with van der Waals surface area (Å²) < 4.78 is 10.8. The van der Waals surface area contributed by atoms with E-state index in [-0.39, 0.29) is 5.56 Å². The summed E-state index contributed by atoms with van der Waals surface area (Å²) in [5.41, 5.74) is 2.74. The van der Waals surface area contributed by atoms with Gasteiger partial charge in [-0.15, -0.1) is 0 Å². The smallest absolute Gasteiger partial charge is 0.335 e. The fraction of sp³-hybridized carbons (Fsp3) is 0.389. The van der Waals surface area contributed by atoms with Crippen molar-refractivity contribution in [2.45, 2.75) is 33.6 Å². The first kappa shape index (κ1) is 17.8. The molecule has 4 nitrogen and oxygen atoms in total. The Morgan fingerprint density at radius 1 is 1.18 bits per heavy atom. The Labute approximate surface area is 132 Å². The van der Waals surface area contributed by atoms with Gasteiger partial charge in [0.1, 0.15) is 6.61 Å². The second-order valence-corrected chi connectivity index (χ2v) is 5.35. The molecule has 22 heavy (non-hydrogen) atoms. The molecular formula is C18H24O4. The lowest BCUT2D eigenvalue weighted by Crippen LogP contribution is -2.01. The van der Waals surface area contributed by atoms with Gasteiger partial charge in [-0.05, 0) is 57.9 Å². The fourth-order valence-electron chi connectivity index (χ4n) is 1.89. The molecule has 1 aromatic rings. The standard InChI is InChI=1S/C18H24O4/c1-13(2)6-5-7-14(3)10-11-22-17-12-15(18(19)20)8-9-16(17)21-4/h6,8-10,12H,5,7,11H2,1-4H3,(H,19,20). The summed E-state index contributed by atoms with van der Waals surface area (Å²) in [6.45, 7) is 6.63. The first-order chi connectivity index (χ1) is 10.4. The first-order valence-corrected chi connectivity index (χ1v) is 7.27. The number of benzene rings is 1. The molecule has 1 rings (SSSR count). The van der Waals surface area contributed by atoms with Gasteiger partial charge in [-0.3, -0.25) is 0 Å². The number of aromatic carboxylic acids is 1. The van der Waals surface area contributed by atoms with Crippen LogP contribution in [0.5, 0.6) is 11.5 Å². The van der Waals surface area contributed by atoms with Crippen molar-refractivity contribution >= 4 is 5.97 Å². The van der Waals surface area contributed by atoms with E-state index in [1.165, 1.54) is 30.4 Å². The van der Waals surface area contributed by atoms with Crippen molar-refractivity contribution in [3.05, 3.63) is 47.1 Å². The molecule has 0 spiro atoms. The van der Waals surface area contributed by atoms with Crippen LogP contribution in [0.25, 0.3) is 0 Å². The Morgan fingerprint density at radius 2 is 1.91 bits per heavy atom. The van der Waals surface area contributed by atoms with Crippen molar-refractivity contribution in [1.82, 2.24) is 0 Å². The van der Waals surface area contributed by atoms with Crippen molar-refractivity contribution in [3.63, 3.8) is 0 Å². The van der Waals surface area contributed by atoms with Crippen LogP contribution >= 0.6 is 0 Å². The first-order valence-electron chi connectivity index (χ1n) is 7.27. The van der Waals surface area contributed by atoms with E-state index in [1.54, 1.807) is 6.07 Å². The molecule has 0 amide bonds. The lowest BCUT2D eigenvalue weighted by atomic mass is 10.1. The Morgan fingerprint density at radius 3 is 2.50 bits per heavy atom. The minimum absolute atomic E-state index is 0.181. The minimum Gasteiger partial charge on any atom is -0.493 e. The van der Waals surface area contributed by atoms with Gasteiger partial charge in [0.05, 0.1) is 12.7 Å². The highest BCUT2D eigenvalue weighted by atomic mass is 16.5. The predicted octanol–water partition coefficient (Wildman–Crippen LogP) is 4.46. The molecule has 0 unspecified atom stereocenters. The van der Waals surface area contributed by atoms with Crippen LogP contribution in [0.2, 0.25) is 0 Å². The maximum atomic E-state index is 11.0. The monoisotopic (exact) mass is 304 g/mol. The van der Waals surface area contributed by atoms with Crippen LogP contribution < -0.4 is 9.47 Å². The molecule has 0 saturated carbocycles. The number of hydrogen-bond acceptors (Lipinski definition) is 3. The van der Waals surface area contributed by atoms with E-state index in [0.717, 1.165) is 12.8 Å². The highest BCUT2D eigenvalue weighted by Crippen LogP contribution is 2.28. The van der Waals surface area contributed by atoms with Gasteiger partial charge in [0.25, 0.3) is 0 Å². The molecule has 0 saturated heterocycles. The van der Waals surface area contributed by atoms with Crippen LogP contribution in [-0.4, -0.2) is 24.8 Å². The van der Waals surface area contributed by atoms with Crippen molar-refractivity contribution in [2.75, 3.05) is 13.7 Å². The quantitative estimate of drug-likeness (QED) is 0.720. The normalized spacial score (nSPS) is 11.0. The molecule has 1 N–H and O–H groups in total. The van der Waals surface area contributed by atoms with Crippen LogP contribution in [0.15, 0.2) is 41.5 Å². The van der Waals surface area contributed by atoms with Gasteiger partial charge >= 0.3 is 5.97 Å². The number of ether oxygens (including phenoxy) is 2. The topological polar surface area (TPSA) is 55.8 Å². The number of methoxy groups -OCH3 is 1. The number of carboxylic acid groups (broad SMARTS) is 1. The molecule has 0 aliphatic rings. The van der Waals surface area contributed by atoms with Gasteiger partial charge in [-0.1, -0.05) is 17.2 Å². The molecule has 0 aliphatic carbocycles. The summed E-state index contributed by atoms with van der Waals surface area (Å²) in [5, 5.41) is 9.01. The maximum Gasteiger partial charge on any atom is 0.335 e. The largest absolute Gasteiger partial charge is 0.493 e. The number of carboxylic acids is 1. The molecule has 0 heterocycles. The zero-order valence-electron chi connectivity index (χ0n) is 13.7. The highest BCUT2D eigenvalue weighted by Gasteiger charge is 2.09. The average molecular weight is 304 g/mol. The molecule has 120 valence electrons. The summed E-state index contributed by atoms with van der Waals surface area (Å²) in [4.78, 5) is 11.0. The molecule has 4 heteroatoms. The van der Waals surface area contributed by atoms with Crippen molar-refractivity contribution in [3.8, 4) is 11.5 Å². The zero-order chi connectivity index (χ0) is 16.5. The van der Waals surface area contributed by atoms with Crippen LogP contribution in [0, 0.1) is 0 Å². The summed E-state index contributed by atoms with van der Waals surface area (Å²) in [6, 6.07) is 4.58. The summed E-state index contributed by atoms with van der Waals surface area (Å²) in [7, 11) is 1.53. The van der Waals surface area contributed by atoms with E-state index < -0.39 is 5.97 Å². The number of carbonyl (C=O) groups is 1. The molecule has 0 radical (unpaired) electrons. The Bertz CT molecular complexity index is 566. The Hall–Kier alpha value is -2.23. The lowest BCUT2D eigenvalue weighted by molar-refractivity contribution is 0.0696. The van der Waals surface area contributed by atoms with Gasteiger partial charge in [0.15, 0.2) is 11.5 Å².